The van der Waals surface area contributed by atoms with Crippen molar-refractivity contribution in [3.05, 3.63) is 29.8 Å². The number of aryl methyl sites for hydroxylation is 1. The quantitative estimate of drug-likeness (QED) is 0.628. The van der Waals surface area contributed by atoms with Gasteiger partial charge in [0.2, 0.25) is 0 Å². The van der Waals surface area contributed by atoms with Crippen LogP contribution in [0.15, 0.2) is 24.3 Å². The van der Waals surface area contributed by atoms with E-state index in [0.717, 1.165) is 25.7 Å². The molecule has 0 spiro atoms. The van der Waals surface area contributed by atoms with Gasteiger partial charge < -0.3 is 16.6 Å². The second-order valence-corrected chi connectivity index (χ2v) is 4.51. The zero-order valence-electron chi connectivity index (χ0n) is 9.89. The summed E-state index contributed by atoms with van der Waals surface area (Å²) in [5.41, 5.74) is 12.5. The van der Waals surface area contributed by atoms with Gasteiger partial charge in [0.25, 0.3) is 0 Å². The highest BCUT2D eigenvalue weighted by Crippen LogP contribution is 2.14. The van der Waals surface area contributed by atoms with Crippen molar-refractivity contribution in [3.8, 4) is 5.75 Å². The molecular weight excluding hydrogens is 200 g/mol. The SMILES string of the molecule is Cc1ccc(O)cc1.NC1CCC(N)CC1. The number of aromatic hydroxyl groups is 1. The first-order chi connectivity index (χ1) is 7.58. The average Bonchev–Trinajstić information content (AvgIpc) is 2.28. The zero-order valence-corrected chi connectivity index (χ0v) is 9.89. The van der Waals surface area contributed by atoms with Crippen LogP contribution in [0.1, 0.15) is 31.2 Å². The monoisotopic (exact) mass is 222 g/mol. The van der Waals surface area contributed by atoms with Crippen molar-refractivity contribution in [2.75, 3.05) is 0 Å². The van der Waals surface area contributed by atoms with Gasteiger partial charge in [0.1, 0.15) is 5.75 Å². The van der Waals surface area contributed by atoms with Crippen molar-refractivity contribution in [2.45, 2.75) is 44.7 Å². The van der Waals surface area contributed by atoms with Gasteiger partial charge in [0, 0.05) is 12.1 Å². The summed E-state index contributed by atoms with van der Waals surface area (Å²) in [6.45, 7) is 1.99. The summed E-state index contributed by atoms with van der Waals surface area (Å²) in [5.74, 6) is 0.329. The summed E-state index contributed by atoms with van der Waals surface area (Å²) in [6.07, 6.45) is 4.50. The van der Waals surface area contributed by atoms with E-state index >= 15 is 0 Å². The van der Waals surface area contributed by atoms with Crippen LogP contribution in [-0.4, -0.2) is 17.2 Å². The Kier molecular flexibility index (Phi) is 5.29. The summed E-state index contributed by atoms with van der Waals surface area (Å²) < 4.78 is 0. The lowest BCUT2D eigenvalue weighted by Crippen LogP contribution is -2.33. The lowest BCUT2D eigenvalue weighted by Gasteiger charge is -2.22. The van der Waals surface area contributed by atoms with Crippen molar-refractivity contribution in [3.63, 3.8) is 0 Å². The Morgan fingerprint density at radius 1 is 0.938 bits per heavy atom. The van der Waals surface area contributed by atoms with E-state index in [9.17, 15) is 0 Å². The molecular formula is C13H22N2O. The Morgan fingerprint density at radius 3 is 1.62 bits per heavy atom. The zero-order chi connectivity index (χ0) is 12.0. The molecule has 0 bridgehead atoms. The van der Waals surface area contributed by atoms with Crippen LogP contribution in [0, 0.1) is 6.92 Å². The van der Waals surface area contributed by atoms with Gasteiger partial charge >= 0.3 is 0 Å². The second-order valence-electron chi connectivity index (χ2n) is 4.51. The Hall–Kier alpha value is -1.06. The molecule has 16 heavy (non-hydrogen) atoms. The second kappa shape index (κ2) is 6.51. The summed E-state index contributed by atoms with van der Waals surface area (Å²) in [4.78, 5) is 0. The van der Waals surface area contributed by atoms with Crippen molar-refractivity contribution in [1.29, 1.82) is 0 Å². The molecule has 1 saturated carbocycles. The Balaban J connectivity index is 0.000000160. The van der Waals surface area contributed by atoms with Gasteiger partial charge in [-0.05, 0) is 44.7 Å². The van der Waals surface area contributed by atoms with Crippen molar-refractivity contribution < 1.29 is 5.11 Å². The standard InChI is InChI=1S/C7H8O.C6H14N2/c1-6-2-4-7(8)5-3-6;7-5-1-2-6(8)4-3-5/h2-5,8H,1H3;5-6H,1-4,7-8H2. The van der Waals surface area contributed by atoms with Crippen LogP contribution >= 0.6 is 0 Å². The lowest BCUT2D eigenvalue weighted by atomic mass is 9.93. The van der Waals surface area contributed by atoms with Crippen LogP contribution in [-0.2, 0) is 0 Å². The lowest BCUT2D eigenvalue weighted by molar-refractivity contribution is 0.395. The normalized spacial score (nSPS) is 24.4. The predicted molar refractivity (Wildman–Crippen MR) is 67.3 cm³/mol. The first kappa shape index (κ1) is 13.0. The molecule has 0 unspecified atom stereocenters. The molecule has 2 rings (SSSR count). The Morgan fingerprint density at radius 2 is 1.31 bits per heavy atom. The highest BCUT2D eigenvalue weighted by atomic mass is 16.3. The highest BCUT2D eigenvalue weighted by Gasteiger charge is 2.13. The molecule has 0 saturated heterocycles. The van der Waals surface area contributed by atoms with Crippen LogP contribution < -0.4 is 11.5 Å². The number of phenolic OH excluding ortho intramolecular Hbond substituents is 1. The first-order valence-corrected chi connectivity index (χ1v) is 5.84. The predicted octanol–water partition coefficient (Wildman–Crippen LogP) is 1.92. The van der Waals surface area contributed by atoms with E-state index < -0.39 is 0 Å². The van der Waals surface area contributed by atoms with E-state index in [-0.39, 0.29) is 0 Å². The third-order valence-electron chi connectivity index (χ3n) is 2.85. The minimum Gasteiger partial charge on any atom is -0.508 e. The summed E-state index contributed by atoms with van der Waals surface area (Å²) in [7, 11) is 0. The van der Waals surface area contributed by atoms with Crippen molar-refractivity contribution in [2.24, 2.45) is 11.5 Å². The molecule has 3 heteroatoms. The third-order valence-corrected chi connectivity index (χ3v) is 2.85. The van der Waals surface area contributed by atoms with Crippen LogP contribution in [0.2, 0.25) is 0 Å². The number of nitrogens with two attached hydrogens (primary N) is 2. The van der Waals surface area contributed by atoms with Gasteiger partial charge in [-0.25, -0.2) is 0 Å². The average molecular weight is 222 g/mol. The van der Waals surface area contributed by atoms with E-state index in [2.05, 4.69) is 0 Å². The largest absolute Gasteiger partial charge is 0.508 e. The topological polar surface area (TPSA) is 72.3 Å². The molecule has 1 aliphatic carbocycles. The highest BCUT2D eigenvalue weighted by molar-refractivity contribution is 5.24. The maximum Gasteiger partial charge on any atom is 0.115 e. The fourth-order valence-corrected chi connectivity index (χ4v) is 1.69. The van der Waals surface area contributed by atoms with Gasteiger partial charge in [-0.2, -0.15) is 0 Å². The Bertz CT molecular complexity index is 258. The van der Waals surface area contributed by atoms with Crippen LogP contribution in [0.4, 0.5) is 0 Å². The number of benzene rings is 1. The minimum absolute atomic E-state index is 0.329. The molecule has 90 valence electrons. The van der Waals surface area contributed by atoms with E-state index in [1.54, 1.807) is 12.1 Å². The summed E-state index contributed by atoms with van der Waals surface area (Å²) in [5, 5.41) is 8.76. The van der Waals surface area contributed by atoms with E-state index in [0.29, 0.717) is 17.8 Å². The molecule has 1 fully saturated rings. The van der Waals surface area contributed by atoms with Gasteiger partial charge in [-0.1, -0.05) is 17.7 Å². The molecule has 1 aromatic carbocycles. The van der Waals surface area contributed by atoms with Crippen molar-refractivity contribution >= 4 is 0 Å². The molecule has 0 heterocycles. The molecule has 0 aromatic heterocycles. The fraction of sp³-hybridized carbons (Fsp3) is 0.538. The van der Waals surface area contributed by atoms with Gasteiger partial charge in [0.05, 0.1) is 0 Å². The molecule has 0 atom stereocenters. The number of rotatable bonds is 0. The minimum atomic E-state index is 0.329. The number of hydrogen-bond donors (Lipinski definition) is 3. The van der Waals surface area contributed by atoms with Crippen LogP contribution in [0.5, 0.6) is 5.75 Å². The maximum absolute atomic E-state index is 8.76. The molecule has 1 aromatic rings. The molecule has 0 radical (unpaired) electrons. The fourth-order valence-electron chi connectivity index (χ4n) is 1.69. The van der Waals surface area contributed by atoms with E-state index in [1.165, 1.54) is 5.56 Å². The smallest absolute Gasteiger partial charge is 0.115 e. The Labute approximate surface area is 97.5 Å². The molecule has 3 nitrogen and oxygen atoms in total. The molecule has 1 aliphatic rings. The van der Waals surface area contributed by atoms with E-state index in [1.807, 2.05) is 19.1 Å². The summed E-state index contributed by atoms with van der Waals surface area (Å²) in [6, 6.07) is 7.97. The van der Waals surface area contributed by atoms with Gasteiger partial charge in [-0.15, -0.1) is 0 Å². The number of phenols is 1. The maximum atomic E-state index is 8.76. The van der Waals surface area contributed by atoms with Gasteiger partial charge in [-0.3, -0.25) is 0 Å². The van der Waals surface area contributed by atoms with E-state index in [4.69, 9.17) is 16.6 Å². The number of hydrogen-bond acceptors (Lipinski definition) is 3. The molecule has 0 amide bonds. The first-order valence-electron chi connectivity index (χ1n) is 5.84. The molecule has 0 aliphatic heterocycles. The van der Waals surface area contributed by atoms with Crippen LogP contribution in [0.25, 0.3) is 0 Å². The van der Waals surface area contributed by atoms with Gasteiger partial charge in [0.15, 0.2) is 0 Å². The summed E-state index contributed by atoms with van der Waals surface area (Å²) >= 11 is 0. The molecule has 5 N–H and O–H groups in total. The van der Waals surface area contributed by atoms with Crippen molar-refractivity contribution in [1.82, 2.24) is 0 Å². The van der Waals surface area contributed by atoms with Crippen LogP contribution in [0.3, 0.4) is 0 Å². The third kappa shape index (κ3) is 5.14.